The molecule has 0 saturated carbocycles. The Kier molecular flexibility index (Phi) is 6.45. The molecule has 2 aromatic heterocycles. The lowest BCUT2D eigenvalue weighted by atomic mass is 9.82. The fourth-order valence-corrected chi connectivity index (χ4v) is 4.84. The molecule has 0 aliphatic heterocycles. The summed E-state index contributed by atoms with van der Waals surface area (Å²) in [4.78, 5) is 18.8. The Morgan fingerprint density at radius 1 is 1.12 bits per heavy atom. The van der Waals surface area contributed by atoms with E-state index in [-0.39, 0.29) is 5.56 Å². The Bertz CT molecular complexity index is 1410. The zero-order valence-electron chi connectivity index (χ0n) is 17.7. The second kappa shape index (κ2) is 9.45. The Hall–Kier alpha value is -3.66. The maximum atomic E-state index is 13.5. The van der Waals surface area contributed by atoms with Crippen molar-refractivity contribution in [2.75, 3.05) is 7.11 Å². The zero-order chi connectivity index (χ0) is 23.5. The topological polar surface area (TPSA) is 107 Å². The number of rotatable bonds is 6. The van der Waals surface area contributed by atoms with Crippen molar-refractivity contribution in [2.45, 2.75) is 12.8 Å². The number of methoxy groups -OCH3 is 1. The van der Waals surface area contributed by atoms with Crippen LogP contribution in [0, 0.1) is 35.5 Å². The Morgan fingerprint density at radius 2 is 1.79 bits per heavy atom. The number of hydrogen-bond acceptors (Lipinski definition) is 6. The molecule has 0 amide bonds. The van der Waals surface area contributed by atoms with Gasteiger partial charge >= 0.3 is 0 Å². The number of aryl methyl sites for hydroxylation is 1. The van der Waals surface area contributed by atoms with E-state index in [4.69, 9.17) is 4.74 Å². The van der Waals surface area contributed by atoms with Gasteiger partial charge in [-0.1, -0.05) is 39.4 Å². The Balaban J connectivity index is 1.78. The maximum absolute atomic E-state index is 13.5. The highest BCUT2D eigenvalue weighted by Gasteiger charge is 2.31. The lowest BCUT2D eigenvalue weighted by Crippen LogP contribution is -2.23. The molecule has 7 nitrogen and oxygen atoms in total. The van der Waals surface area contributed by atoms with Crippen LogP contribution in [0.3, 0.4) is 0 Å². The number of nitrogens with one attached hydrogen (secondary N) is 1. The predicted molar refractivity (Wildman–Crippen MR) is 129 cm³/mol. The Morgan fingerprint density at radius 3 is 2.39 bits per heavy atom. The third-order valence-electron chi connectivity index (χ3n) is 5.33. The van der Waals surface area contributed by atoms with Gasteiger partial charge in [0.05, 0.1) is 24.1 Å². The van der Waals surface area contributed by atoms with Gasteiger partial charge in [0.1, 0.15) is 11.7 Å². The molecule has 33 heavy (non-hydrogen) atoms. The summed E-state index contributed by atoms with van der Waals surface area (Å²) in [6, 6.07) is 19.0. The van der Waals surface area contributed by atoms with Gasteiger partial charge < -0.3 is 4.74 Å². The number of H-pyrrole nitrogens is 1. The van der Waals surface area contributed by atoms with Crippen LogP contribution in [0.1, 0.15) is 22.7 Å². The van der Waals surface area contributed by atoms with Crippen LogP contribution in [0.25, 0.3) is 15.6 Å². The number of thiazole rings is 1. The van der Waals surface area contributed by atoms with Crippen LogP contribution in [-0.2, 0) is 0 Å². The zero-order valence-corrected chi connectivity index (χ0v) is 20.1. The number of benzene rings is 2. The van der Waals surface area contributed by atoms with Gasteiger partial charge in [0.2, 0.25) is 5.13 Å². The number of halogens is 1. The van der Waals surface area contributed by atoms with Crippen molar-refractivity contribution in [3.05, 3.63) is 86.4 Å². The van der Waals surface area contributed by atoms with Crippen LogP contribution >= 0.6 is 27.3 Å². The molecule has 0 saturated heterocycles. The highest BCUT2D eigenvalue weighted by atomic mass is 79.9. The van der Waals surface area contributed by atoms with E-state index in [1.807, 2.05) is 60.7 Å². The standard InChI is InChI=1S/C24H18BrN5O2S/c1-14-21(22(17(11-26)12-27)16-3-7-18(25)8-4-16)23(31)30(29-14)24-28-13-20(33-24)15-5-9-19(32-2)10-6-15/h3-10,13,17,22,29H,1-2H3/t22-/m0/s1. The number of nitriles is 2. The summed E-state index contributed by atoms with van der Waals surface area (Å²) in [7, 11) is 1.61. The first-order valence-electron chi connectivity index (χ1n) is 9.93. The summed E-state index contributed by atoms with van der Waals surface area (Å²) in [6.07, 6.45) is 1.71. The minimum Gasteiger partial charge on any atom is -0.497 e. The third-order valence-corrected chi connectivity index (χ3v) is 6.89. The summed E-state index contributed by atoms with van der Waals surface area (Å²) in [5.41, 5.74) is 2.32. The summed E-state index contributed by atoms with van der Waals surface area (Å²) < 4.78 is 7.45. The van der Waals surface area contributed by atoms with Crippen LogP contribution in [0.2, 0.25) is 0 Å². The van der Waals surface area contributed by atoms with E-state index >= 15 is 0 Å². The van der Waals surface area contributed by atoms with Gasteiger partial charge in [-0.05, 0) is 54.4 Å². The van der Waals surface area contributed by atoms with Crippen LogP contribution in [0.15, 0.2) is 64.0 Å². The minimum atomic E-state index is -1.02. The monoisotopic (exact) mass is 519 g/mol. The number of hydrogen-bond donors (Lipinski definition) is 1. The van der Waals surface area contributed by atoms with Gasteiger partial charge in [-0.2, -0.15) is 15.2 Å². The molecule has 0 unspecified atom stereocenters. The highest BCUT2D eigenvalue weighted by Crippen LogP contribution is 2.34. The molecular weight excluding hydrogens is 502 g/mol. The van der Waals surface area contributed by atoms with Crippen LogP contribution < -0.4 is 10.3 Å². The molecule has 0 bridgehead atoms. The van der Waals surface area contributed by atoms with Crippen LogP contribution in [0.5, 0.6) is 5.75 Å². The molecule has 1 atom stereocenters. The van der Waals surface area contributed by atoms with Crippen LogP contribution in [-0.4, -0.2) is 21.9 Å². The molecule has 2 aromatic carbocycles. The summed E-state index contributed by atoms with van der Waals surface area (Å²) >= 11 is 4.76. The number of ether oxygens (including phenoxy) is 1. The summed E-state index contributed by atoms with van der Waals surface area (Å²) in [5, 5.41) is 22.8. The molecular formula is C24H18BrN5O2S. The molecule has 1 N–H and O–H groups in total. The van der Waals surface area contributed by atoms with E-state index in [0.29, 0.717) is 16.4 Å². The molecule has 2 heterocycles. The van der Waals surface area contributed by atoms with E-state index in [9.17, 15) is 15.3 Å². The largest absolute Gasteiger partial charge is 0.497 e. The van der Waals surface area contributed by atoms with Crippen molar-refractivity contribution in [2.24, 2.45) is 5.92 Å². The molecule has 0 aliphatic rings. The van der Waals surface area contributed by atoms with Crippen molar-refractivity contribution < 1.29 is 4.74 Å². The molecule has 0 radical (unpaired) electrons. The van der Waals surface area contributed by atoms with Gasteiger partial charge in [0.15, 0.2) is 0 Å². The van der Waals surface area contributed by atoms with E-state index in [1.165, 1.54) is 16.0 Å². The maximum Gasteiger partial charge on any atom is 0.277 e. The summed E-state index contributed by atoms with van der Waals surface area (Å²) in [6.45, 7) is 1.77. The smallest absolute Gasteiger partial charge is 0.277 e. The van der Waals surface area contributed by atoms with Crippen molar-refractivity contribution in [3.8, 4) is 33.5 Å². The van der Waals surface area contributed by atoms with E-state index in [2.05, 4.69) is 26.0 Å². The van der Waals surface area contributed by atoms with E-state index < -0.39 is 11.8 Å². The summed E-state index contributed by atoms with van der Waals surface area (Å²) in [5.74, 6) is -0.958. The number of nitrogens with zero attached hydrogens (tertiary/aromatic N) is 4. The molecule has 4 rings (SSSR count). The van der Waals surface area contributed by atoms with Crippen LogP contribution in [0.4, 0.5) is 0 Å². The average molecular weight is 520 g/mol. The minimum absolute atomic E-state index is 0.327. The first-order valence-corrected chi connectivity index (χ1v) is 11.5. The lowest BCUT2D eigenvalue weighted by molar-refractivity contribution is 0.415. The predicted octanol–water partition coefficient (Wildman–Crippen LogP) is 5.16. The first-order chi connectivity index (χ1) is 16.0. The van der Waals surface area contributed by atoms with Crippen molar-refractivity contribution in [1.82, 2.24) is 14.8 Å². The molecule has 9 heteroatoms. The van der Waals surface area contributed by atoms with Gasteiger partial charge in [-0.25, -0.2) is 4.98 Å². The van der Waals surface area contributed by atoms with E-state index in [1.54, 1.807) is 20.2 Å². The van der Waals surface area contributed by atoms with Gasteiger partial charge in [-0.15, -0.1) is 0 Å². The fourth-order valence-electron chi connectivity index (χ4n) is 3.69. The molecule has 164 valence electrons. The van der Waals surface area contributed by atoms with E-state index in [0.717, 1.165) is 26.2 Å². The second-order valence-electron chi connectivity index (χ2n) is 7.29. The van der Waals surface area contributed by atoms with Gasteiger partial charge in [0, 0.05) is 27.8 Å². The van der Waals surface area contributed by atoms with Gasteiger partial charge in [0.25, 0.3) is 5.56 Å². The first kappa shape index (κ1) is 22.5. The number of aromatic nitrogens is 3. The van der Waals surface area contributed by atoms with Crippen molar-refractivity contribution in [3.63, 3.8) is 0 Å². The fraction of sp³-hybridized carbons (Fsp3) is 0.167. The average Bonchev–Trinajstić information content (AvgIpc) is 3.43. The molecule has 0 fully saturated rings. The SMILES string of the molecule is COc1ccc(-c2cnc(-n3[nH]c(C)c([C@@H](c4ccc(Br)cc4)C(C#N)C#N)c3=O)s2)cc1. The normalized spacial score (nSPS) is 11.7. The number of aromatic amines is 1. The molecule has 0 aliphatic carbocycles. The Labute approximate surface area is 202 Å². The molecule has 0 spiro atoms. The van der Waals surface area contributed by atoms with Crippen molar-refractivity contribution >= 4 is 27.3 Å². The lowest BCUT2D eigenvalue weighted by Gasteiger charge is -2.17. The second-order valence-corrected chi connectivity index (χ2v) is 9.22. The van der Waals surface area contributed by atoms with Crippen molar-refractivity contribution in [1.29, 1.82) is 10.5 Å². The molecule has 4 aromatic rings. The van der Waals surface area contributed by atoms with Gasteiger partial charge in [-0.3, -0.25) is 9.89 Å². The quantitative estimate of drug-likeness (QED) is 0.378. The third kappa shape index (κ3) is 4.34. The highest BCUT2D eigenvalue weighted by molar-refractivity contribution is 9.10.